The molecule has 1 atom stereocenters. The Morgan fingerprint density at radius 1 is 1.30 bits per heavy atom. The third-order valence-electron chi connectivity index (χ3n) is 4.65. The number of hydrogen-bond acceptors (Lipinski definition) is 4. The topological polar surface area (TPSA) is 68.0 Å². The molecular weight excluding hydrogens is 290 g/mol. The number of benzene rings is 1. The number of amides is 1. The number of aromatic nitrogens is 2. The predicted octanol–water partition coefficient (Wildman–Crippen LogP) is 3.46. The van der Waals surface area contributed by atoms with Gasteiger partial charge in [-0.2, -0.15) is 4.98 Å². The molecule has 0 spiro atoms. The predicted molar refractivity (Wildman–Crippen MR) is 86.8 cm³/mol. The number of carbonyl (C=O) groups is 1. The van der Waals surface area contributed by atoms with Gasteiger partial charge in [0.2, 0.25) is 11.8 Å². The minimum Gasteiger partial charge on any atom is -0.343 e. The molecule has 1 saturated carbocycles. The molecule has 2 aromatic rings. The molecule has 1 aromatic heterocycles. The highest BCUT2D eigenvalue weighted by Gasteiger charge is 2.41. The number of aryl methyl sites for hydroxylation is 1. The van der Waals surface area contributed by atoms with Gasteiger partial charge >= 0.3 is 0 Å². The Morgan fingerprint density at radius 3 is 2.61 bits per heavy atom. The van der Waals surface area contributed by atoms with E-state index in [2.05, 4.69) is 34.5 Å². The van der Waals surface area contributed by atoms with Crippen LogP contribution in [0.5, 0.6) is 0 Å². The molecule has 1 fully saturated rings. The number of hydrogen-bond donors (Lipinski definition) is 1. The van der Waals surface area contributed by atoms with Gasteiger partial charge < -0.3 is 9.84 Å². The molecule has 0 aliphatic heterocycles. The van der Waals surface area contributed by atoms with E-state index in [1.165, 1.54) is 5.56 Å². The summed E-state index contributed by atoms with van der Waals surface area (Å²) in [4.78, 5) is 16.9. The molecule has 1 aromatic carbocycles. The first-order valence-corrected chi connectivity index (χ1v) is 8.26. The summed E-state index contributed by atoms with van der Waals surface area (Å²) in [5.41, 5.74) is 0.726. The molecule has 23 heavy (non-hydrogen) atoms. The second kappa shape index (κ2) is 6.52. The molecule has 0 bridgehead atoms. The van der Waals surface area contributed by atoms with Crippen LogP contribution in [0.1, 0.15) is 62.2 Å². The van der Waals surface area contributed by atoms with Crippen LogP contribution in [-0.2, 0) is 10.3 Å². The van der Waals surface area contributed by atoms with E-state index in [1.54, 1.807) is 6.92 Å². The smallest absolute Gasteiger partial charge is 0.223 e. The Bertz CT molecular complexity index is 660. The molecule has 1 unspecified atom stereocenters. The molecule has 1 amide bonds. The number of rotatable bonds is 5. The molecule has 0 radical (unpaired) electrons. The van der Waals surface area contributed by atoms with Crippen molar-refractivity contribution in [2.75, 3.05) is 0 Å². The van der Waals surface area contributed by atoms with Crippen molar-refractivity contribution in [3.05, 3.63) is 47.6 Å². The third-order valence-corrected chi connectivity index (χ3v) is 4.65. The molecule has 1 aliphatic carbocycles. The van der Waals surface area contributed by atoms with Crippen molar-refractivity contribution in [2.45, 2.75) is 57.4 Å². The minimum absolute atomic E-state index is 0.0470. The first-order valence-electron chi connectivity index (χ1n) is 8.26. The van der Waals surface area contributed by atoms with Gasteiger partial charge in [0.15, 0.2) is 5.82 Å². The molecule has 5 heteroatoms. The second-order valence-corrected chi connectivity index (χ2v) is 6.49. The molecule has 122 valence electrons. The molecule has 3 rings (SSSR count). The van der Waals surface area contributed by atoms with Crippen molar-refractivity contribution >= 4 is 5.91 Å². The SMILES string of the molecule is Cc1nc(C2(NC(=O)CC(C)c3ccccc3)CCCC2)no1. The highest BCUT2D eigenvalue weighted by molar-refractivity contribution is 5.77. The summed E-state index contributed by atoms with van der Waals surface area (Å²) >= 11 is 0. The fourth-order valence-corrected chi connectivity index (χ4v) is 3.37. The first kappa shape index (κ1) is 15.7. The average molecular weight is 313 g/mol. The Kier molecular flexibility index (Phi) is 4.46. The van der Waals surface area contributed by atoms with Gasteiger partial charge in [-0.3, -0.25) is 4.79 Å². The van der Waals surface area contributed by atoms with Crippen molar-refractivity contribution < 1.29 is 9.32 Å². The van der Waals surface area contributed by atoms with Crippen LogP contribution >= 0.6 is 0 Å². The van der Waals surface area contributed by atoms with E-state index < -0.39 is 5.54 Å². The second-order valence-electron chi connectivity index (χ2n) is 6.49. The van der Waals surface area contributed by atoms with Gasteiger partial charge in [0.05, 0.1) is 0 Å². The molecule has 1 N–H and O–H groups in total. The summed E-state index contributed by atoms with van der Waals surface area (Å²) in [6.45, 7) is 3.85. The average Bonchev–Trinajstić information content (AvgIpc) is 3.18. The van der Waals surface area contributed by atoms with E-state index in [0.717, 1.165) is 25.7 Å². The minimum atomic E-state index is -0.453. The summed E-state index contributed by atoms with van der Waals surface area (Å²) in [7, 11) is 0. The summed E-state index contributed by atoms with van der Waals surface area (Å²) in [6.07, 6.45) is 4.35. The van der Waals surface area contributed by atoms with E-state index in [4.69, 9.17) is 4.52 Å². The van der Waals surface area contributed by atoms with E-state index in [9.17, 15) is 4.79 Å². The summed E-state index contributed by atoms with van der Waals surface area (Å²) in [5, 5.41) is 7.26. The van der Waals surface area contributed by atoms with Crippen molar-refractivity contribution in [2.24, 2.45) is 0 Å². The maximum atomic E-state index is 12.6. The lowest BCUT2D eigenvalue weighted by atomic mass is 9.93. The molecule has 1 aliphatic rings. The molecule has 0 saturated heterocycles. The molecule has 5 nitrogen and oxygen atoms in total. The Labute approximate surface area is 136 Å². The zero-order valence-corrected chi connectivity index (χ0v) is 13.7. The van der Waals surface area contributed by atoms with Gasteiger partial charge in [-0.1, -0.05) is 55.3 Å². The lowest BCUT2D eigenvalue weighted by Gasteiger charge is -2.27. The Balaban J connectivity index is 1.70. The highest BCUT2D eigenvalue weighted by atomic mass is 16.5. The van der Waals surface area contributed by atoms with Crippen LogP contribution in [0, 0.1) is 6.92 Å². The molecular formula is C18H23N3O2. The third kappa shape index (κ3) is 3.44. The lowest BCUT2D eigenvalue weighted by molar-refractivity contribution is -0.123. The normalized spacial score (nSPS) is 17.8. The summed E-state index contributed by atoms with van der Waals surface area (Å²) < 4.78 is 5.12. The number of nitrogens with one attached hydrogen (secondary N) is 1. The van der Waals surface area contributed by atoms with Crippen molar-refractivity contribution in [3.63, 3.8) is 0 Å². The lowest BCUT2D eigenvalue weighted by Crippen LogP contribution is -2.45. The maximum Gasteiger partial charge on any atom is 0.223 e. The van der Waals surface area contributed by atoms with Crippen molar-refractivity contribution in [3.8, 4) is 0 Å². The Morgan fingerprint density at radius 2 is 2.00 bits per heavy atom. The van der Waals surface area contributed by atoms with Gasteiger partial charge in [0, 0.05) is 13.3 Å². The molecule has 1 heterocycles. The van der Waals surface area contributed by atoms with Gasteiger partial charge in [0.25, 0.3) is 0 Å². The zero-order chi connectivity index (χ0) is 16.3. The number of carbonyl (C=O) groups excluding carboxylic acids is 1. The van der Waals surface area contributed by atoms with E-state index in [1.807, 2.05) is 18.2 Å². The standard InChI is InChI=1S/C18H23N3O2/c1-13(15-8-4-3-5-9-15)12-16(22)20-18(10-6-7-11-18)17-19-14(2)23-21-17/h3-5,8-9,13H,6-7,10-12H2,1-2H3,(H,20,22). The van der Waals surface area contributed by atoms with E-state index in [-0.39, 0.29) is 11.8 Å². The number of nitrogens with zero attached hydrogens (tertiary/aromatic N) is 2. The van der Waals surface area contributed by atoms with Crippen LogP contribution in [0.3, 0.4) is 0 Å². The van der Waals surface area contributed by atoms with Crippen LogP contribution in [0.15, 0.2) is 34.9 Å². The fourth-order valence-electron chi connectivity index (χ4n) is 3.37. The van der Waals surface area contributed by atoms with E-state index >= 15 is 0 Å². The van der Waals surface area contributed by atoms with Crippen molar-refractivity contribution in [1.82, 2.24) is 15.5 Å². The van der Waals surface area contributed by atoms with Crippen LogP contribution < -0.4 is 5.32 Å². The van der Waals surface area contributed by atoms with Crippen LogP contribution in [0.2, 0.25) is 0 Å². The zero-order valence-electron chi connectivity index (χ0n) is 13.7. The van der Waals surface area contributed by atoms with Gasteiger partial charge in [-0.15, -0.1) is 0 Å². The summed E-state index contributed by atoms with van der Waals surface area (Å²) in [5.74, 6) is 1.39. The highest BCUT2D eigenvalue weighted by Crippen LogP contribution is 2.37. The van der Waals surface area contributed by atoms with Crippen LogP contribution in [0.25, 0.3) is 0 Å². The van der Waals surface area contributed by atoms with E-state index in [0.29, 0.717) is 18.1 Å². The quantitative estimate of drug-likeness (QED) is 0.918. The largest absolute Gasteiger partial charge is 0.343 e. The van der Waals surface area contributed by atoms with Gasteiger partial charge in [-0.05, 0) is 24.3 Å². The van der Waals surface area contributed by atoms with Crippen LogP contribution in [0.4, 0.5) is 0 Å². The monoisotopic (exact) mass is 313 g/mol. The van der Waals surface area contributed by atoms with Gasteiger partial charge in [0.1, 0.15) is 5.54 Å². The van der Waals surface area contributed by atoms with Crippen LogP contribution in [-0.4, -0.2) is 16.0 Å². The van der Waals surface area contributed by atoms with Gasteiger partial charge in [-0.25, -0.2) is 0 Å². The maximum absolute atomic E-state index is 12.6. The van der Waals surface area contributed by atoms with Crippen molar-refractivity contribution in [1.29, 1.82) is 0 Å². The Hall–Kier alpha value is -2.17. The summed E-state index contributed by atoms with van der Waals surface area (Å²) in [6, 6.07) is 10.1. The fraction of sp³-hybridized carbons (Fsp3) is 0.500. The first-order chi connectivity index (χ1) is 11.1.